The standard InChI is InChI=1S/C14H15NO4S2/c1-15(2)14(20)19-11-9-7-8(17-3)5-6-10(9)21-12(11)13(16)18-4/h5-7H,1-4H3. The number of fused-ring (bicyclic) bond motifs is 1. The molecule has 0 saturated carbocycles. The van der Waals surface area contributed by atoms with E-state index in [0.717, 1.165) is 10.1 Å². The van der Waals surface area contributed by atoms with Gasteiger partial charge in [-0.2, -0.15) is 0 Å². The Morgan fingerprint density at radius 1 is 1.29 bits per heavy atom. The Bertz CT molecular complexity index is 694. The SMILES string of the molecule is COC(=O)c1sc2ccc(OC)cc2c1OC(=S)N(C)C. The maximum Gasteiger partial charge on any atom is 0.351 e. The van der Waals surface area contributed by atoms with Gasteiger partial charge in [0.05, 0.1) is 14.2 Å². The molecule has 0 fully saturated rings. The normalized spacial score (nSPS) is 10.3. The molecule has 1 heterocycles. The van der Waals surface area contributed by atoms with Gasteiger partial charge in [0.15, 0.2) is 10.6 Å². The zero-order chi connectivity index (χ0) is 15.6. The van der Waals surface area contributed by atoms with Gasteiger partial charge >= 0.3 is 5.97 Å². The highest BCUT2D eigenvalue weighted by Crippen LogP contribution is 2.40. The summed E-state index contributed by atoms with van der Waals surface area (Å²) in [6, 6.07) is 5.51. The minimum Gasteiger partial charge on any atom is -0.497 e. The lowest BCUT2D eigenvalue weighted by atomic mass is 10.2. The van der Waals surface area contributed by atoms with E-state index in [9.17, 15) is 4.79 Å². The second-order valence-electron chi connectivity index (χ2n) is 4.38. The van der Waals surface area contributed by atoms with Gasteiger partial charge in [-0.15, -0.1) is 11.3 Å². The number of hydrogen-bond donors (Lipinski definition) is 0. The van der Waals surface area contributed by atoms with Gasteiger partial charge < -0.3 is 19.1 Å². The first-order valence-electron chi connectivity index (χ1n) is 6.06. The molecule has 21 heavy (non-hydrogen) atoms. The summed E-state index contributed by atoms with van der Waals surface area (Å²) >= 11 is 6.45. The van der Waals surface area contributed by atoms with Crippen LogP contribution in [0.5, 0.6) is 11.5 Å². The molecule has 5 nitrogen and oxygen atoms in total. The molecule has 0 unspecified atom stereocenters. The molecule has 0 spiro atoms. The van der Waals surface area contributed by atoms with Crippen LogP contribution in [-0.2, 0) is 4.74 Å². The van der Waals surface area contributed by atoms with Crippen molar-refractivity contribution in [3.8, 4) is 11.5 Å². The van der Waals surface area contributed by atoms with Crippen molar-refractivity contribution in [1.82, 2.24) is 4.90 Å². The number of hydrogen-bond acceptors (Lipinski definition) is 6. The van der Waals surface area contributed by atoms with Crippen LogP contribution in [0.2, 0.25) is 0 Å². The lowest BCUT2D eigenvalue weighted by molar-refractivity contribution is 0.0604. The highest BCUT2D eigenvalue weighted by Gasteiger charge is 2.22. The van der Waals surface area contributed by atoms with Crippen LogP contribution < -0.4 is 9.47 Å². The van der Waals surface area contributed by atoms with Crippen LogP contribution in [-0.4, -0.2) is 44.4 Å². The summed E-state index contributed by atoms with van der Waals surface area (Å²) in [4.78, 5) is 14.0. The molecular weight excluding hydrogens is 310 g/mol. The summed E-state index contributed by atoms with van der Waals surface area (Å²) in [6.07, 6.45) is 0. The fraction of sp³-hybridized carbons (Fsp3) is 0.286. The summed E-state index contributed by atoms with van der Waals surface area (Å²) in [6.45, 7) is 0. The fourth-order valence-electron chi connectivity index (χ4n) is 1.69. The van der Waals surface area contributed by atoms with Crippen molar-refractivity contribution in [2.45, 2.75) is 0 Å². The molecule has 0 atom stereocenters. The third-order valence-electron chi connectivity index (χ3n) is 2.77. The summed E-state index contributed by atoms with van der Waals surface area (Å²) in [7, 11) is 6.46. The fourth-order valence-corrected chi connectivity index (χ4v) is 2.80. The Balaban J connectivity index is 2.60. The van der Waals surface area contributed by atoms with Gasteiger partial charge in [-0.25, -0.2) is 4.79 Å². The second kappa shape index (κ2) is 6.28. The maximum absolute atomic E-state index is 11.9. The number of carbonyl (C=O) groups excluding carboxylic acids is 1. The summed E-state index contributed by atoms with van der Waals surface area (Å²) in [5, 5.41) is 1.03. The van der Waals surface area contributed by atoms with Crippen LogP contribution in [0.15, 0.2) is 18.2 Å². The molecule has 7 heteroatoms. The van der Waals surface area contributed by atoms with Gasteiger partial charge in [0.2, 0.25) is 0 Å². The van der Waals surface area contributed by atoms with Gasteiger partial charge in [-0.05, 0) is 30.4 Å². The number of nitrogens with zero attached hydrogens (tertiary/aromatic N) is 1. The number of benzene rings is 1. The molecule has 0 aliphatic heterocycles. The first-order valence-corrected chi connectivity index (χ1v) is 7.28. The molecule has 1 aromatic carbocycles. The Labute approximate surface area is 132 Å². The smallest absolute Gasteiger partial charge is 0.351 e. The highest BCUT2D eigenvalue weighted by molar-refractivity contribution is 7.80. The molecule has 2 rings (SSSR count). The minimum absolute atomic E-state index is 0.266. The number of ether oxygens (including phenoxy) is 3. The monoisotopic (exact) mass is 325 g/mol. The Hall–Kier alpha value is -1.86. The molecule has 0 bridgehead atoms. The third-order valence-corrected chi connectivity index (χ3v) is 4.36. The van der Waals surface area contributed by atoms with Crippen molar-refractivity contribution >= 4 is 44.8 Å². The summed E-state index contributed by atoms with van der Waals surface area (Å²) in [5.41, 5.74) is 0. The van der Waals surface area contributed by atoms with E-state index < -0.39 is 5.97 Å². The number of carbonyl (C=O) groups is 1. The molecule has 0 amide bonds. The van der Waals surface area contributed by atoms with Crippen LogP contribution in [0.1, 0.15) is 9.67 Å². The van der Waals surface area contributed by atoms with Gasteiger partial charge in [-0.3, -0.25) is 0 Å². The molecule has 0 saturated heterocycles. The first kappa shape index (κ1) is 15.5. The Morgan fingerprint density at radius 2 is 2.00 bits per heavy atom. The van der Waals surface area contributed by atoms with Crippen LogP contribution in [0, 0.1) is 0 Å². The molecule has 0 N–H and O–H groups in total. The van der Waals surface area contributed by atoms with E-state index in [-0.39, 0.29) is 5.17 Å². The number of thiophene rings is 1. The topological polar surface area (TPSA) is 48.0 Å². The average Bonchev–Trinajstić information content (AvgIpc) is 2.84. The number of thiocarbonyl (C=S) groups is 1. The van der Waals surface area contributed by atoms with Gasteiger partial charge in [0, 0.05) is 24.2 Å². The molecule has 0 radical (unpaired) electrons. The molecule has 112 valence electrons. The second-order valence-corrected chi connectivity index (χ2v) is 5.78. The van der Waals surface area contributed by atoms with Crippen molar-refractivity contribution in [3.63, 3.8) is 0 Å². The van der Waals surface area contributed by atoms with Crippen molar-refractivity contribution < 1.29 is 19.0 Å². The van der Waals surface area contributed by atoms with E-state index in [1.807, 2.05) is 18.2 Å². The van der Waals surface area contributed by atoms with Crippen LogP contribution in [0.3, 0.4) is 0 Å². The van der Waals surface area contributed by atoms with E-state index in [2.05, 4.69) is 0 Å². The molecule has 0 aliphatic rings. The quantitative estimate of drug-likeness (QED) is 0.639. The van der Waals surface area contributed by atoms with E-state index in [1.54, 1.807) is 26.1 Å². The summed E-state index contributed by atoms with van der Waals surface area (Å²) in [5.74, 6) is 0.628. The van der Waals surface area contributed by atoms with Gasteiger partial charge in [-0.1, -0.05) is 0 Å². The maximum atomic E-state index is 11.9. The number of methoxy groups -OCH3 is 2. The van der Waals surface area contributed by atoms with E-state index in [1.165, 1.54) is 18.4 Å². The van der Waals surface area contributed by atoms with E-state index in [0.29, 0.717) is 16.4 Å². The van der Waals surface area contributed by atoms with E-state index >= 15 is 0 Å². The average molecular weight is 325 g/mol. The minimum atomic E-state index is -0.452. The van der Waals surface area contributed by atoms with Crippen LogP contribution in [0.4, 0.5) is 0 Å². The summed E-state index contributed by atoms with van der Waals surface area (Å²) < 4.78 is 16.6. The molecular formula is C14H15NO4S2. The Kier molecular flexibility index (Phi) is 4.64. The van der Waals surface area contributed by atoms with Crippen molar-refractivity contribution in [1.29, 1.82) is 0 Å². The van der Waals surface area contributed by atoms with Crippen molar-refractivity contribution in [2.24, 2.45) is 0 Å². The van der Waals surface area contributed by atoms with Gasteiger partial charge in [0.25, 0.3) is 5.17 Å². The number of rotatable bonds is 3. The van der Waals surface area contributed by atoms with Crippen molar-refractivity contribution in [2.75, 3.05) is 28.3 Å². The van der Waals surface area contributed by atoms with Crippen LogP contribution >= 0.6 is 23.6 Å². The van der Waals surface area contributed by atoms with Crippen LogP contribution in [0.25, 0.3) is 10.1 Å². The molecule has 0 aliphatic carbocycles. The predicted octanol–water partition coefficient (Wildman–Crippen LogP) is 2.92. The van der Waals surface area contributed by atoms with Gasteiger partial charge in [0.1, 0.15) is 5.75 Å². The third kappa shape index (κ3) is 3.08. The zero-order valence-corrected chi connectivity index (χ0v) is 13.8. The lowest BCUT2D eigenvalue weighted by Gasteiger charge is -2.14. The Morgan fingerprint density at radius 3 is 2.57 bits per heavy atom. The predicted molar refractivity (Wildman–Crippen MR) is 86.6 cm³/mol. The molecule has 2 aromatic rings. The van der Waals surface area contributed by atoms with E-state index in [4.69, 9.17) is 26.4 Å². The highest BCUT2D eigenvalue weighted by atomic mass is 32.1. The zero-order valence-electron chi connectivity index (χ0n) is 12.1. The van der Waals surface area contributed by atoms with Crippen molar-refractivity contribution in [3.05, 3.63) is 23.1 Å². The number of esters is 1. The largest absolute Gasteiger partial charge is 0.497 e. The molecule has 1 aromatic heterocycles. The first-order chi connectivity index (χ1) is 9.97. The lowest BCUT2D eigenvalue weighted by Crippen LogP contribution is -2.25.